The van der Waals surface area contributed by atoms with Crippen LogP contribution in [0.5, 0.6) is 0 Å². The molecule has 1 unspecified atom stereocenters. The van der Waals surface area contributed by atoms with Gasteiger partial charge in [-0.3, -0.25) is 0 Å². The first-order chi connectivity index (χ1) is 5.19. The van der Waals surface area contributed by atoms with Crippen molar-refractivity contribution in [2.24, 2.45) is 3.77 Å². The molecule has 12 heavy (non-hydrogen) atoms. The van der Waals surface area contributed by atoms with Crippen molar-refractivity contribution in [1.29, 1.82) is 0 Å². The summed E-state index contributed by atoms with van der Waals surface area (Å²) >= 11 is 0. The molecule has 0 heterocycles. The van der Waals surface area contributed by atoms with E-state index in [1.807, 2.05) is 0 Å². The van der Waals surface area contributed by atoms with Crippen LogP contribution >= 0.6 is 0 Å². The number of hydrogen-bond acceptors (Lipinski definition) is 3. The predicted octanol–water partition coefficient (Wildman–Crippen LogP) is 0.165. The van der Waals surface area contributed by atoms with Crippen LogP contribution < -0.4 is 0 Å². The molecule has 0 aliphatic rings. The molecule has 0 N–H and O–H groups in total. The largest absolute Gasteiger partial charge is 0.285 e. The van der Waals surface area contributed by atoms with E-state index in [2.05, 4.69) is 3.77 Å². The second-order valence-electron chi connectivity index (χ2n) is 2.18. The molecule has 0 rings (SSSR count). The topological polar surface area (TPSA) is 66.8 Å². The summed E-state index contributed by atoms with van der Waals surface area (Å²) in [6, 6.07) is 0. The Morgan fingerprint density at radius 3 is 2.08 bits per heavy atom. The molecule has 0 aromatic rings. The van der Waals surface area contributed by atoms with Gasteiger partial charge in [-0.1, -0.05) is 10.7 Å². The van der Waals surface area contributed by atoms with Crippen molar-refractivity contribution in [3.63, 3.8) is 0 Å². The zero-order valence-electron chi connectivity index (χ0n) is 7.02. The Morgan fingerprint density at radius 2 is 1.83 bits per heavy atom. The average molecular weight is 218 g/mol. The number of halogens is 1. The van der Waals surface area contributed by atoms with Crippen LogP contribution in [-0.4, -0.2) is 36.8 Å². The van der Waals surface area contributed by atoms with E-state index in [0.29, 0.717) is 6.26 Å². The van der Waals surface area contributed by atoms with Gasteiger partial charge in [-0.05, 0) is 0 Å². The highest BCUT2D eigenvalue weighted by molar-refractivity contribution is 7.99. The molecule has 0 aromatic carbocycles. The number of sulfonamides is 1. The highest BCUT2D eigenvalue weighted by Crippen LogP contribution is 2.06. The van der Waals surface area contributed by atoms with Crippen molar-refractivity contribution in [3.8, 4) is 0 Å². The summed E-state index contributed by atoms with van der Waals surface area (Å²) in [5.41, 5.74) is 0. The Balaban J connectivity index is 5.13. The summed E-state index contributed by atoms with van der Waals surface area (Å²) in [5, 5.41) is 0. The van der Waals surface area contributed by atoms with Gasteiger partial charge in [-0.25, -0.2) is 8.42 Å². The summed E-state index contributed by atoms with van der Waals surface area (Å²) in [7, 11) is -6.96. The average Bonchev–Trinajstić information content (AvgIpc) is 1.80. The van der Waals surface area contributed by atoms with Crippen LogP contribution in [0.3, 0.4) is 0 Å². The lowest BCUT2D eigenvalue weighted by atomic mass is 10.8. The molecule has 0 amide bonds. The lowest BCUT2D eigenvalue weighted by Gasteiger charge is -2.10. The monoisotopic (exact) mass is 218 g/mol. The van der Waals surface area contributed by atoms with Crippen LogP contribution in [-0.2, 0) is 20.3 Å². The van der Waals surface area contributed by atoms with Gasteiger partial charge < -0.3 is 0 Å². The number of nitrogens with zero attached hydrogens (tertiary/aromatic N) is 2. The minimum absolute atomic E-state index is 0.119. The van der Waals surface area contributed by atoms with Gasteiger partial charge in [0.2, 0.25) is 0 Å². The first kappa shape index (κ1) is 11.8. The molecule has 8 heteroatoms. The summed E-state index contributed by atoms with van der Waals surface area (Å²) < 4.78 is 47.9. The Hall–Kier alpha value is -0.210. The smallest absolute Gasteiger partial charge is 0.204 e. The van der Waals surface area contributed by atoms with E-state index in [4.69, 9.17) is 0 Å². The van der Waals surface area contributed by atoms with E-state index in [1.165, 1.54) is 14.0 Å². The summed E-state index contributed by atoms with van der Waals surface area (Å²) in [5.74, 6) is 0. The van der Waals surface area contributed by atoms with Crippen molar-refractivity contribution >= 4 is 20.3 Å². The van der Waals surface area contributed by atoms with Gasteiger partial charge in [0.05, 0.1) is 6.26 Å². The Bertz CT molecular complexity index is 354. The fraction of sp³-hybridized carbons (Fsp3) is 1.00. The van der Waals surface area contributed by atoms with E-state index < -0.39 is 20.3 Å². The molecule has 0 aromatic heterocycles. The predicted molar refractivity (Wildman–Crippen MR) is 44.8 cm³/mol. The molecule has 0 aliphatic heterocycles. The minimum Gasteiger partial charge on any atom is -0.204 e. The molecular formula is C4H11FN2O3S2. The van der Waals surface area contributed by atoms with Gasteiger partial charge in [0.25, 0.3) is 20.3 Å². The van der Waals surface area contributed by atoms with Crippen molar-refractivity contribution in [1.82, 2.24) is 4.31 Å². The number of rotatable bonds is 3. The number of hydrogen-bond donors (Lipinski definition) is 0. The first-order valence-corrected chi connectivity index (χ1v) is 6.30. The van der Waals surface area contributed by atoms with E-state index >= 15 is 0 Å². The van der Waals surface area contributed by atoms with Gasteiger partial charge in [-0.15, -0.1) is 3.89 Å². The van der Waals surface area contributed by atoms with Crippen LogP contribution in [0.25, 0.3) is 0 Å². The van der Waals surface area contributed by atoms with Crippen molar-refractivity contribution in [2.75, 3.05) is 19.8 Å². The summed E-state index contributed by atoms with van der Waals surface area (Å²) in [6.45, 7) is 1.66. The van der Waals surface area contributed by atoms with Gasteiger partial charge in [-0.2, -0.15) is 8.51 Å². The van der Waals surface area contributed by atoms with Crippen molar-refractivity contribution in [2.45, 2.75) is 6.92 Å². The van der Waals surface area contributed by atoms with Crippen LogP contribution in [0.15, 0.2) is 3.77 Å². The molecule has 0 bridgehead atoms. The zero-order chi connectivity index (χ0) is 9.99. The summed E-state index contributed by atoms with van der Waals surface area (Å²) in [6.07, 6.45) is 0.690. The third-order valence-electron chi connectivity index (χ3n) is 1.06. The first-order valence-electron chi connectivity index (χ1n) is 3.08. The molecule has 5 nitrogen and oxygen atoms in total. The Kier molecular flexibility index (Phi) is 3.60. The standard InChI is InChI=1S/C4H11FN2O3S2/c1-4-7(2)12(5,10)6-11(3,8)9/h4H2,1-3H3. The lowest BCUT2D eigenvalue weighted by molar-refractivity contribution is 0.502. The quantitative estimate of drug-likeness (QED) is 0.634. The maximum absolute atomic E-state index is 12.9. The fourth-order valence-electron chi connectivity index (χ4n) is 0.383. The van der Waals surface area contributed by atoms with Gasteiger partial charge in [0.15, 0.2) is 0 Å². The normalized spacial score (nSPS) is 17.4. The van der Waals surface area contributed by atoms with Crippen LogP contribution in [0.2, 0.25) is 0 Å². The third-order valence-corrected chi connectivity index (χ3v) is 3.90. The van der Waals surface area contributed by atoms with Gasteiger partial charge >= 0.3 is 0 Å². The molecule has 0 spiro atoms. The van der Waals surface area contributed by atoms with E-state index in [-0.39, 0.29) is 6.54 Å². The molecule has 0 fully saturated rings. The van der Waals surface area contributed by atoms with E-state index in [9.17, 15) is 16.5 Å². The lowest BCUT2D eigenvalue weighted by Crippen LogP contribution is -2.23. The SMILES string of the molecule is CCN(C)S(=O)(F)=NS(C)(=O)=O. The molecule has 1 atom stereocenters. The molecule has 0 aliphatic carbocycles. The molecule has 74 valence electrons. The molecule has 0 radical (unpaired) electrons. The van der Waals surface area contributed by atoms with Gasteiger partial charge in [0, 0.05) is 13.6 Å². The summed E-state index contributed by atoms with van der Waals surface area (Å²) in [4.78, 5) is 0. The minimum atomic E-state index is -4.25. The van der Waals surface area contributed by atoms with E-state index in [1.54, 1.807) is 0 Å². The second kappa shape index (κ2) is 3.67. The Labute approximate surface area is 72.2 Å². The van der Waals surface area contributed by atoms with Crippen LogP contribution in [0.4, 0.5) is 3.89 Å². The molecule has 0 saturated carbocycles. The Morgan fingerprint density at radius 1 is 1.42 bits per heavy atom. The third kappa shape index (κ3) is 3.98. The molecule has 0 saturated heterocycles. The maximum atomic E-state index is 12.9. The zero-order valence-corrected chi connectivity index (χ0v) is 8.65. The second-order valence-corrected chi connectivity index (χ2v) is 5.73. The van der Waals surface area contributed by atoms with Gasteiger partial charge in [0.1, 0.15) is 0 Å². The van der Waals surface area contributed by atoms with Crippen LogP contribution in [0, 0.1) is 0 Å². The van der Waals surface area contributed by atoms with Crippen molar-refractivity contribution in [3.05, 3.63) is 0 Å². The maximum Gasteiger partial charge on any atom is 0.285 e. The van der Waals surface area contributed by atoms with Crippen molar-refractivity contribution < 1.29 is 16.5 Å². The highest BCUT2D eigenvalue weighted by atomic mass is 32.3. The highest BCUT2D eigenvalue weighted by Gasteiger charge is 2.15. The van der Waals surface area contributed by atoms with E-state index in [0.717, 1.165) is 4.31 Å². The molecular weight excluding hydrogens is 207 g/mol. The fourth-order valence-corrected chi connectivity index (χ4v) is 2.49. The van der Waals surface area contributed by atoms with Crippen LogP contribution in [0.1, 0.15) is 6.92 Å².